The Hall–Kier alpha value is -0.160. The molecule has 0 saturated carbocycles. The molecule has 0 unspecified atom stereocenters. The minimum Gasteiger partial charge on any atom is -0.306 e. The van der Waals surface area contributed by atoms with Crippen molar-refractivity contribution in [2.24, 2.45) is 10.8 Å². The Morgan fingerprint density at radius 3 is 0.784 bits per heavy atom. The molecule has 3 saturated heterocycles. The van der Waals surface area contributed by atoms with E-state index < -0.39 is 0 Å². The van der Waals surface area contributed by atoms with Gasteiger partial charge in [0.15, 0.2) is 0 Å². The molecule has 3 aliphatic heterocycles. The third kappa shape index (κ3) is 49.3. The second-order valence-corrected chi connectivity index (χ2v) is 13.8. The molecule has 3 fully saturated rings. The Bertz CT molecular complexity index is 379. The summed E-state index contributed by atoms with van der Waals surface area (Å²) in [5, 5.41) is 0. The number of likely N-dealkylation sites (tertiary alicyclic amines) is 2. The van der Waals surface area contributed by atoms with Gasteiger partial charge in [-0.1, -0.05) is 91.5 Å². The second kappa shape index (κ2) is 27.4. The highest BCUT2D eigenvalue weighted by molar-refractivity contribution is 4.71. The summed E-state index contributed by atoms with van der Waals surface area (Å²) in [6.45, 7) is 32.3. The normalized spacial score (nSPS) is 18.6. The second-order valence-electron chi connectivity index (χ2n) is 13.8. The van der Waals surface area contributed by atoms with Crippen LogP contribution in [-0.4, -0.2) is 99.1 Å². The van der Waals surface area contributed by atoms with E-state index in [-0.39, 0.29) is 29.7 Å². The molecule has 0 aromatic rings. The quantitative estimate of drug-likeness (QED) is 0.332. The van der Waals surface area contributed by atoms with Crippen molar-refractivity contribution in [1.29, 1.82) is 0 Å². The summed E-state index contributed by atoms with van der Waals surface area (Å²) >= 11 is 0. The molecule has 0 aromatic heterocycles. The minimum absolute atomic E-state index is 0. The molecule has 37 heavy (non-hydrogen) atoms. The summed E-state index contributed by atoms with van der Waals surface area (Å²) in [5.74, 6) is 0. The molecule has 0 spiro atoms. The molecule has 0 aromatic carbocycles. The van der Waals surface area contributed by atoms with Crippen LogP contribution in [0.25, 0.3) is 0 Å². The van der Waals surface area contributed by atoms with Crippen molar-refractivity contribution in [3.63, 3.8) is 0 Å². The maximum absolute atomic E-state index is 2.53. The van der Waals surface area contributed by atoms with Crippen molar-refractivity contribution in [2.45, 2.75) is 137 Å². The summed E-state index contributed by atoms with van der Waals surface area (Å²) in [7, 11) is 6.56. The van der Waals surface area contributed by atoms with Crippen LogP contribution in [0.5, 0.6) is 0 Å². The number of hydrogen-bond acceptors (Lipinski definition) is 4. The van der Waals surface area contributed by atoms with Gasteiger partial charge in [-0.3, -0.25) is 4.90 Å². The van der Waals surface area contributed by atoms with Crippen LogP contribution in [0.2, 0.25) is 0 Å². The topological polar surface area (TPSA) is 13.0 Å². The summed E-state index contributed by atoms with van der Waals surface area (Å²) in [6, 6.07) is 0.730. The third-order valence-corrected chi connectivity index (χ3v) is 5.18. The number of piperazine rings is 1. The zero-order chi connectivity index (χ0) is 26.1. The SMILES string of the molecule is C.C.C.C.CC(C)(C)C.CC(C)(C)C.CC(C)N1CCN(C)CC1.CN1CCCC1.CN1CCCCC1. The van der Waals surface area contributed by atoms with Gasteiger partial charge < -0.3 is 14.7 Å². The molecule has 0 amide bonds. The highest BCUT2D eigenvalue weighted by atomic mass is 15.3. The van der Waals surface area contributed by atoms with Crippen molar-refractivity contribution in [3.05, 3.63) is 0 Å². The molecule has 0 aliphatic carbocycles. The van der Waals surface area contributed by atoms with Crippen molar-refractivity contribution in [2.75, 3.05) is 73.5 Å². The fourth-order valence-corrected chi connectivity index (χ4v) is 3.27. The van der Waals surface area contributed by atoms with Crippen molar-refractivity contribution >= 4 is 0 Å². The van der Waals surface area contributed by atoms with E-state index in [0.29, 0.717) is 10.8 Å². The number of nitrogens with zero attached hydrogens (tertiary/aromatic N) is 4. The first-order valence-electron chi connectivity index (χ1n) is 13.8. The van der Waals surface area contributed by atoms with E-state index in [2.05, 4.69) is 110 Å². The molecule has 0 bridgehead atoms. The zero-order valence-electron chi connectivity index (χ0n) is 25.6. The molecular weight excluding hydrogens is 452 g/mol. The van der Waals surface area contributed by atoms with Crippen molar-refractivity contribution < 1.29 is 0 Å². The Labute approximate surface area is 240 Å². The van der Waals surface area contributed by atoms with Crippen molar-refractivity contribution in [3.8, 4) is 0 Å². The van der Waals surface area contributed by atoms with Gasteiger partial charge in [0.2, 0.25) is 0 Å². The monoisotopic (exact) mass is 535 g/mol. The Morgan fingerprint density at radius 1 is 0.405 bits per heavy atom. The molecule has 4 heteroatoms. The third-order valence-electron chi connectivity index (χ3n) is 5.18. The van der Waals surface area contributed by atoms with E-state index in [9.17, 15) is 0 Å². The van der Waals surface area contributed by atoms with Gasteiger partial charge in [-0.25, -0.2) is 0 Å². The molecular formula is C33H82N4. The van der Waals surface area contributed by atoms with E-state index in [1.165, 1.54) is 84.5 Å². The number of hydrogen-bond donors (Lipinski definition) is 0. The van der Waals surface area contributed by atoms with Gasteiger partial charge >= 0.3 is 0 Å². The Balaban J connectivity index is -0.0000000812. The summed E-state index contributed by atoms with van der Waals surface area (Å²) < 4.78 is 0. The molecule has 4 nitrogen and oxygen atoms in total. The average molecular weight is 535 g/mol. The van der Waals surface area contributed by atoms with E-state index in [0.717, 1.165) is 6.04 Å². The van der Waals surface area contributed by atoms with Crippen LogP contribution in [0.4, 0.5) is 0 Å². The van der Waals surface area contributed by atoms with E-state index >= 15 is 0 Å². The van der Waals surface area contributed by atoms with Crippen LogP contribution < -0.4 is 0 Å². The van der Waals surface area contributed by atoms with Gasteiger partial charge in [0, 0.05) is 32.2 Å². The summed E-state index contributed by atoms with van der Waals surface area (Å²) in [5.41, 5.74) is 1.00. The minimum atomic E-state index is 0. The maximum atomic E-state index is 2.53. The van der Waals surface area contributed by atoms with Crippen LogP contribution in [0, 0.1) is 10.8 Å². The first kappa shape index (κ1) is 49.8. The fourth-order valence-electron chi connectivity index (χ4n) is 3.27. The smallest absolute Gasteiger partial charge is 0.0112 e. The Kier molecular flexibility index (Phi) is 36.9. The first-order valence-corrected chi connectivity index (χ1v) is 13.8. The lowest BCUT2D eigenvalue weighted by Gasteiger charge is -2.34. The van der Waals surface area contributed by atoms with Gasteiger partial charge in [-0.2, -0.15) is 0 Å². The van der Waals surface area contributed by atoms with E-state index in [1.54, 1.807) is 0 Å². The molecule has 0 radical (unpaired) electrons. The van der Waals surface area contributed by atoms with Gasteiger partial charge in [-0.05, 0) is 97.7 Å². The van der Waals surface area contributed by atoms with Crippen molar-refractivity contribution in [1.82, 2.24) is 19.6 Å². The Morgan fingerprint density at radius 2 is 0.622 bits per heavy atom. The first-order chi connectivity index (χ1) is 15.0. The lowest BCUT2D eigenvalue weighted by atomic mass is 10.0. The lowest BCUT2D eigenvalue weighted by molar-refractivity contribution is 0.126. The molecule has 3 heterocycles. The molecule has 234 valence electrons. The predicted molar refractivity (Wildman–Crippen MR) is 179 cm³/mol. The number of likely N-dealkylation sites (N-methyl/N-ethyl adjacent to an activating group) is 1. The molecule has 0 N–H and O–H groups in total. The van der Waals surface area contributed by atoms with E-state index in [4.69, 9.17) is 0 Å². The predicted octanol–water partition coefficient (Wildman–Crippen LogP) is 9.11. The molecule has 3 rings (SSSR count). The van der Waals surface area contributed by atoms with Gasteiger partial charge in [-0.15, -0.1) is 0 Å². The standard InChI is InChI=1S/C8H18N2.C6H13N.C5H11N.2C5H12.4CH4/c1-8(2)10-6-4-9(3)5-7-10;1-7-5-3-2-4-6-7;1-6-4-2-3-5-6;2*1-5(2,3)4;;;;/h8H,4-7H2,1-3H3;2-6H2,1H3;2-5H2,1H3;2*1-4H3;4*1H4. The fraction of sp³-hybridized carbons (Fsp3) is 1.00. The average Bonchev–Trinajstić information content (AvgIpc) is 3.12. The van der Waals surface area contributed by atoms with Gasteiger partial charge in [0.05, 0.1) is 0 Å². The van der Waals surface area contributed by atoms with Crippen LogP contribution in [0.3, 0.4) is 0 Å². The summed E-state index contributed by atoms with van der Waals surface area (Å²) in [6.07, 6.45) is 7.10. The number of piperidine rings is 1. The number of rotatable bonds is 1. The van der Waals surface area contributed by atoms with Crippen LogP contribution in [0.15, 0.2) is 0 Å². The molecule has 3 aliphatic rings. The van der Waals surface area contributed by atoms with Crippen LogP contribution >= 0.6 is 0 Å². The zero-order valence-corrected chi connectivity index (χ0v) is 25.6. The maximum Gasteiger partial charge on any atom is 0.0112 e. The van der Waals surface area contributed by atoms with Crippen LogP contribution in [-0.2, 0) is 0 Å². The lowest BCUT2D eigenvalue weighted by Crippen LogP contribution is -2.47. The largest absolute Gasteiger partial charge is 0.306 e. The highest BCUT2D eigenvalue weighted by Crippen LogP contribution is 2.08. The van der Waals surface area contributed by atoms with E-state index in [1.807, 2.05) is 0 Å². The summed E-state index contributed by atoms with van der Waals surface area (Å²) in [4.78, 5) is 9.67. The highest BCUT2D eigenvalue weighted by Gasteiger charge is 2.15. The van der Waals surface area contributed by atoms with Gasteiger partial charge in [0.1, 0.15) is 0 Å². The van der Waals surface area contributed by atoms with Crippen LogP contribution in [0.1, 0.15) is 131 Å². The molecule has 0 atom stereocenters. The van der Waals surface area contributed by atoms with Gasteiger partial charge in [0.25, 0.3) is 0 Å².